The molecule has 2 amide bonds. The largest absolute Gasteiger partial charge is 0.361 e. The smallest absolute Gasteiger partial charge is 0.246 e. The van der Waals surface area contributed by atoms with E-state index in [9.17, 15) is 9.59 Å². The first-order valence-electron chi connectivity index (χ1n) is 13.6. The highest BCUT2D eigenvalue weighted by molar-refractivity contribution is 5.89. The molecule has 1 aliphatic heterocycles. The average molecular weight is 474 g/mol. The van der Waals surface area contributed by atoms with Crippen LogP contribution in [0.3, 0.4) is 0 Å². The van der Waals surface area contributed by atoms with Crippen molar-refractivity contribution < 1.29 is 9.59 Å². The van der Waals surface area contributed by atoms with E-state index in [1.165, 1.54) is 32.1 Å². The molecule has 3 fully saturated rings. The molecule has 0 radical (unpaired) electrons. The molecule has 35 heavy (non-hydrogen) atoms. The van der Waals surface area contributed by atoms with Crippen LogP contribution in [-0.4, -0.2) is 41.3 Å². The molecule has 4 aliphatic rings. The molecule has 0 spiro atoms. The predicted octanol–water partition coefficient (Wildman–Crippen LogP) is 5.08. The Hall–Kier alpha value is -2.56. The zero-order valence-electron chi connectivity index (χ0n) is 21.3. The zero-order chi connectivity index (χ0) is 24.4. The minimum absolute atomic E-state index is 0.0958. The highest BCUT2D eigenvalue weighted by atomic mass is 16.2. The summed E-state index contributed by atoms with van der Waals surface area (Å²) in [7, 11) is 1.99. The first kappa shape index (κ1) is 22.9. The Bertz CT molecular complexity index is 1180. The molecule has 2 heterocycles. The third kappa shape index (κ3) is 3.48. The summed E-state index contributed by atoms with van der Waals surface area (Å²) in [5.41, 5.74) is 2.56. The molecule has 3 aliphatic carbocycles. The van der Waals surface area contributed by atoms with Gasteiger partial charge in [-0.15, -0.1) is 0 Å². The van der Waals surface area contributed by atoms with Gasteiger partial charge in [-0.3, -0.25) is 9.59 Å². The maximum Gasteiger partial charge on any atom is 0.246 e. The van der Waals surface area contributed by atoms with Crippen LogP contribution < -0.4 is 5.32 Å². The van der Waals surface area contributed by atoms with E-state index < -0.39 is 0 Å². The standard InChI is InChI=1S/C30H39N3O2/c1-29-14-12-24-22(9-11-26-30(24,2)15-13-28(35)33(26)3)23(29)10-8-20(29)18-32-27(34)16-19-17-31-25-7-5-4-6-21(19)25/h4-7,13,15,17,20,22-24,26,31H,8-12,14,16,18H2,1-3H3,(H,32,34)/t20?,22-,23-,24+,26?,29+,30+/m0/s1. The van der Waals surface area contributed by atoms with Crippen LogP contribution >= 0.6 is 0 Å². The normalized spacial score (nSPS) is 38.2. The van der Waals surface area contributed by atoms with E-state index in [0.717, 1.165) is 41.3 Å². The minimum atomic E-state index is 0.0958. The van der Waals surface area contributed by atoms with Crippen LogP contribution in [0.2, 0.25) is 0 Å². The highest BCUT2D eigenvalue weighted by Gasteiger charge is 2.60. The van der Waals surface area contributed by atoms with Crippen molar-refractivity contribution >= 4 is 22.7 Å². The number of carbonyl (C=O) groups excluding carboxylic acids is 2. The number of aromatic amines is 1. The molecule has 5 nitrogen and oxygen atoms in total. The third-order valence-electron chi connectivity index (χ3n) is 10.9. The van der Waals surface area contributed by atoms with Gasteiger partial charge in [0.15, 0.2) is 0 Å². The number of fused-ring (bicyclic) bond motifs is 6. The lowest BCUT2D eigenvalue weighted by Crippen LogP contribution is -2.59. The van der Waals surface area contributed by atoms with Crippen molar-refractivity contribution in [2.24, 2.45) is 34.5 Å². The number of nitrogens with one attached hydrogen (secondary N) is 2. The molecule has 0 saturated heterocycles. The summed E-state index contributed by atoms with van der Waals surface area (Å²) in [5.74, 6) is 2.96. The van der Waals surface area contributed by atoms with Gasteiger partial charge in [0.1, 0.15) is 0 Å². The summed E-state index contributed by atoms with van der Waals surface area (Å²) in [5, 5.41) is 4.45. The van der Waals surface area contributed by atoms with Crippen LogP contribution in [0.25, 0.3) is 10.9 Å². The summed E-state index contributed by atoms with van der Waals surface area (Å²) >= 11 is 0. The zero-order valence-corrected chi connectivity index (χ0v) is 21.3. The van der Waals surface area contributed by atoms with Crippen molar-refractivity contribution in [1.29, 1.82) is 0 Å². The van der Waals surface area contributed by atoms with E-state index >= 15 is 0 Å². The van der Waals surface area contributed by atoms with Gasteiger partial charge < -0.3 is 15.2 Å². The Labute approximate surface area is 208 Å². The second kappa shape index (κ2) is 8.25. The lowest BCUT2D eigenvalue weighted by atomic mass is 9.47. The molecule has 5 heteroatoms. The van der Waals surface area contributed by atoms with Crippen molar-refractivity contribution in [3.8, 4) is 0 Å². The molecule has 6 rings (SSSR count). The number of carbonyl (C=O) groups is 2. The fourth-order valence-corrected chi connectivity index (χ4v) is 8.93. The Balaban J connectivity index is 1.13. The number of likely N-dealkylation sites (N-methyl/N-ethyl adjacent to an activating group) is 1. The second-order valence-corrected chi connectivity index (χ2v) is 12.3. The van der Waals surface area contributed by atoms with Gasteiger partial charge in [0.2, 0.25) is 11.8 Å². The van der Waals surface area contributed by atoms with Gasteiger partial charge in [0.25, 0.3) is 0 Å². The predicted molar refractivity (Wildman–Crippen MR) is 139 cm³/mol. The number of nitrogens with zero attached hydrogens (tertiary/aromatic N) is 1. The molecule has 2 aromatic rings. The van der Waals surface area contributed by atoms with Crippen LogP contribution in [0.5, 0.6) is 0 Å². The van der Waals surface area contributed by atoms with E-state index in [1.807, 2.05) is 36.4 Å². The number of benzene rings is 1. The van der Waals surface area contributed by atoms with Gasteiger partial charge in [-0.2, -0.15) is 0 Å². The Kier molecular flexibility index (Phi) is 5.39. The number of hydrogen-bond acceptors (Lipinski definition) is 2. The van der Waals surface area contributed by atoms with Crippen molar-refractivity contribution in [3.05, 3.63) is 48.2 Å². The molecule has 1 aromatic heterocycles. The van der Waals surface area contributed by atoms with Crippen LogP contribution in [0.1, 0.15) is 57.9 Å². The van der Waals surface area contributed by atoms with Gasteiger partial charge in [-0.25, -0.2) is 0 Å². The van der Waals surface area contributed by atoms with Gasteiger partial charge in [-0.05, 0) is 85.3 Å². The molecule has 186 valence electrons. The lowest BCUT2D eigenvalue weighted by Gasteiger charge is -2.60. The SMILES string of the molecule is CN1C(=O)C=C[C@@]2(C)C1CC[C@@H]1[C@H]2CC[C@]2(C)C(CNC(=O)Cc3c[nH]c4ccccc34)CC[C@@H]12. The molecule has 1 aromatic carbocycles. The topological polar surface area (TPSA) is 65.2 Å². The maximum absolute atomic E-state index is 12.9. The van der Waals surface area contributed by atoms with Crippen LogP contribution in [0.4, 0.5) is 0 Å². The van der Waals surface area contributed by atoms with Gasteiger partial charge >= 0.3 is 0 Å². The molecule has 0 bridgehead atoms. The number of rotatable bonds is 4. The quantitative estimate of drug-likeness (QED) is 0.650. The van der Waals surface area contributed by atoms with Gasteiger partial charge in [0.05, 0.1) is 6.42 Å². The summed E-state index contributed by atoms with van der Waals surface area (Å²) in [6.07, 6.45) is 13.8. The molecule has 2 unspecified atom stereocenters. The monoisotopic (exact) mass is 473 g/mol. The maximum atomic E-state index is 12.9. The van der Waals surface area contributed by atoms with Gasteiger partial charge in [0, 0.05) is 42.1 Å². The van der Waals surface area contributed by atoms with E-state index in [2.05, 4.69) is 42.4 Å². The minimum Gasteiger partial charge on any atom is -0.361 e. The van der Waals surface area contributed by atoms with E-state index in [4.69, 9.17) is 0 Å². The average Bonchev–Trinajstić information content (AvgIpc) is 3.41. The fraction of sp³-hybridized carbons (Fsp3) is 0.600. The molecule has 2 N–H and O–H groups in total. The first-order chi connectivity index (χ1) is 16.8. The first-order valence-corrected chi connectivity index (χ1v) is 13.6. The second-order valence-electron chi connectivity index (χ2n) is 12.3. The Morgan fingerprint density at radius 2 is 1.94 bits per heavy atom. The number of amides is 2. The van der Waals surface area contributed by atoms with E-state index in [-0.39, 0.29) is 17.2 Å². The highest BCUT2D eigenvalue weighted by Crippen LogP contribution is 2.65. The van der Waals surface area contributed by atoms with Crippen molar-refractivity contribution in [2.75, 3.05) is 13.6 Å². The molecular formula is C30H39N3O2. The summed E-state index contributed by atoms with van der Waals surface area (Å²) in [6.45, 7) is 5.72. The lowest BCUT2D eigenvalue weighted by molar-refractivity contribution is -0.139. The van der Waals surface area contributed by atoms with Crippen LogP contribution in [0.15, 0.2) is 42.6 Å². The van der Waals surface area contributed by atoms with Crippen LogP contribution in [-0.2, 0) is 16.0 Å². The van der Waals surface area contributed by atoms with Crippen molar-refractivity contribution in [2.45, 2.75) is 64.8 Å². The summed E-state index contributed by atoms with van der Waals surface area (Å²) in [6, 6.07) is 8.52. The number of para-hydroxylation sites is 1. The third-order valence-corrected chi connectivity index (χ3v) is 10.9. The number of aromatic nitrogens is 1. The number of H-pyrrole nitrogens is 1. The fourth-order valence-electron chi connectivity index (χ4n) is 8.93. The summed E-state index contributed by atoms with van der Waals surface area (Å²) < 4.78 is 0. The molecule has 3 saturated carbocycles. The van der Waals surface area contributed by atoms with E-state index in [1.54, 1.807) is 0 Å². The van der Waals surface area contributed by atoms with Crippen molar-refractivity contribution in [3.63, 3.8) is 0 Å². The Morgan fingerprint density at radius 1 is 1.11 bits per heavy atom. The Morgan fingerprint density at radius 3 is 2.80 bits per heavy atom. The molecular weight excluding hydrogens is 434 g/mol. The van der Waals surface area contributed by atoms with Crippen molar-refractivity contribution in [1.82, 2.24) is 15.2 Å². The summed E-state index contributed by atoms with van der Waals surface area (Å²) in [4.78, 5) is 30.5. The van der Waals surface area contributed by atoms with E-state index in [0.29, 0.717) is 29.7 Å². The van der Waals surface area contributed by atoms with Gasteiger partial charge in [-0.1, -0.05) is 38.1 Å². The molecule has 7 atom stereocenters. The number of hydrogen-bond donors (Lipinski definition) is 2. The van der Waals surface area contributed by atoms with Crippen LogP contribution in [0, 0.1) is 34.5 Å².